The quantitative estimate of drug-likeness (QED) is 0.714. The number of benzene rings is 1. The molecule has 0 saturated heterocycles. The van der Waals surface area contributed by atoms with E-state index in [0.717, 1.165) is 11.3 Å². The van der Waals surface area contributed by atoms with Crippen LogP contribution in [0.2, 0.25) is 5.02 Å². The first-order valence-electron chi connectivity index (χ1n) is 6.78. The summed E-state index contributed by atoms with van der Waals surface area (Å²) in [6, 6.07) is 8.20. The van der Waals surface area contributed by atoms with Crippen molar-refractivity contribution < 1.29 is 9.90 Å². The molecule has 1 heterocycles. The molecule has 2 rings (SSSR count). The fourth-order valence-corrected chi connectivity index (χ4v) is 2.29. The lowest BCUT2D eigenvalue weighted by Gasteiger charge is -2.19. The number of nitrogens with zero attached hydrogens (tertiary/aromatic N) is 2. The van der Waals surface area contributed by atoms with E-state index in [2.05, 4.69) is 20.6 Å². The second kappa shape index (κ2) is 7.85. The molecule has 0 unspecified atom stereocenters. The average Bonchev–Trinajstić information content (AvgIpc) is 2.46. The number of carbonyl (C=O) groups is 1. The van der Waals surface area contributed by atoms with Crippen LogP contribution in [0.15, 0.2) is 36.5 Å². The second-order valence-electron chi connectivity index (χ2n) is 4.82. The highest BCUT2D eigenvalue weighted by Gasteiger charge is 2.17. The molecule has 23 heavy (non-hydrogen) atoms. The Morgan fingerprint density at radius 3 is 2.65 bits per heavy atom. The zero-order chi connectivity index (χ0) is 16.8. The molecule has 0 bridgehead atoms. The molecule has 0 radical (unpaired) electrons. The van der Waals surface area contributed by atoms with E-state index in [0.29, 0.717) is 11.0 Å². The third-order valence-electron chi connectivity index (χ3n) is 2.98. The standard InChI is InChI=1S/C15H15ClN4O2S/c1-9-6-7-17-14(18-9)20-15(23)19-12(8-13(21)22)10-2-4-11(16)5-3-10/h2-7,12H,8H2,1H3,(H,21,22)(H2,17,18,19,20,23)/t12-/m0/s1. The minimum absolute atomic E-state index is 0.127. The zero-order valence-corrected chi connectivity index (χ0v) is 13.9. The number of aromatic nitrogens is 2. The van der Waals surface area contributed by atoms with Crippen molar-refractivity contribution in [1.82, 2.24) is 15.3 Å². The highest BCUT2D eigenvalue weighted by Crippen LogP contribution is 2.19. The van der Waals surface area contributed by atoms with E-state index in [4.69, 9.17) is 28.9 Å². The highest BCUT2D eigenvalue weighted by atomic mass is 35.5. The van der Waals surface area contributed by atoms with Crippen molar-refractivity contribution in [3.63, 3.8) is 0 Å². The van der Waals surface area contributed by atoms with Gasteiger partial charge in [-0.25, -0.2) is 9.97 Å². The van der Waals surface area contributed by atoms with Gasteiger partial charge in [-0.3, -0.25) is 4.79 Å². The molecule has 1 atom stereocenters. The van der Waals surface area contributed by atoms with Gasteiger partial charge in [-0.2, -0.15) is 0 Å². The van der Waals surface area contributed by atoms with E-state index >= 15 is 0 Å². The lowest BCUT2D eigenvalue weighted by molar-refractivity contribution is -0.137. The predicted molar refractivity (Wildman–Crippen MR) is 92.6 cm³/mol. The normalized spacial score (nSPS) is 11.6. The largest absolute Gasteiger partial charge is 0.481 e. The smallest absolute Gasteiger partial charge is 0.305 e. The van der Waals surface area contributed by atoms with Crippen LogP contribution >= 0.6 is 23.8 Å². The van der Waals surface area contributed by atoms with Crippen molar-refractivity contribution in [3.8, 4) is 0 Å². The van der Waals surface area contributed by atoms with E-state index in [1.54, 1.807) is 36.5 Å². The number of aliphatic carboxylic acids is 1. The van der Waals surface area contributed by atoms with Crippen molar-refractivity contribution >= 4 is 40.8 Å². The molecular weight excluding hydrogens is 336 g/mol. The van der Waals surface area contributed by atoms with E-state index in [1.807, 2.05) is 6.92 Å². The maximum atomic E-state index is 11.1. The maximum absolute atomic E-state index is 11.1. The van der Waals surface area contributed by atoms with Crippen LogP contribution in [-0.4, -0.2) is 26.2 Å². The van der Waals surface area contributed by atoms with Gasteiger partial charge in [-0.15, -0.1) is 0 Å². The van der Waals surface area contributed by atoms with E-state index in [9.17, 15) is 4.79 Å². The lowest BCUT2D eigenvalue weighted by atomic mass is 10.0. The minimum Gasteiger partial charge on any atom is -0.481 e. The lowest BCUT2D eigenvalue weighted by Crippen LogP contribution is -2.34. The number of carboxylic acid groups (broad SMARTS) is 1. The molecule has 8 heteroatoms. The van der Waals surface area contributed by atoms with Crippen LogP contribution in [0.5, 0.6) is 0 Å². The van der Waals surface area contributed by atoms with Crippen LogP contribution in [0.4, 0.5) is 5.95 Å². The van der Waals surface area contributed by atoms with Gasteiger partial charge in [0, 0.05) is 16.9 Å². The maximum Gasteiger partial charge on any atom is 0.305 e. The Labute approximate surface area is 143 Å². The van der Waals surface area contributed by atoms with Crippen molar-refractivity contribution in [2.75, 3.05) is 5.32 Å². The van der Waals surface area contributed by atoms with Crippen LogP contribution in [0.3, 0.4) is 0 Å². The molecule has 0 spiro atoms. The van der Waals surface area contributed by atoms with Crippen LogP contribution in [-0.2, 0) is 4.79 Å². The Morgan fingerprint density at radius 1 is 1.35 bits per heavy atom. The molecule has 6 nitrogen and oxygen atoms in total. The Balaban J connectivity index is 2.09. The summed E-state index contributed by atoms with van der Waals surface area (Å²) in [5, 5.41) is 15.7. The zero-order valence-electron chi connectivity index (χ0n) is 12.3. The number of rotatable bonds is 5. The molecule has 1 aromatic carbocycles. The van der Waals surface area contributed by atoms with Gasteiger partial charge < -0.3 is 15.7 Å². The van der Waals surface area contributed by atoms with Gasteiger partial charge >= 0.3 is 5.97 Å². The second-order valence-corrected chi connectivity index (χ2v) is 5.67. The SMILES string of the molecule is Cc1ccnc(NC(=S)N[C@@H](CC(=O)O)c2ccc(Cl)cc2)n1. The van der Waals surface area contributed by atoms with Crippen LogP contribution in [0.25, 0.3) is 0 Å². The summed E-state index contributed by atoms with van der Waals surface area (Å²) >= 11 is 11.1. The molecule has 0 saturated carbocycles. The number of hydrogen-bond acceptors (Lipinski definition) is 4. The number of hydrogen-bond donors (Lipinski definition) is 3. The molecule has 120 valence electrons. The molecule has 2 aromatic rings. The molecule has 0 aliphatic rings. The summed E-state index contributed by atoms with van der Waals surface area (Å²) in [6.07, 6.45) is 1.49. The molecule has 0 amide bonds. The van der Waals surface area contributed by atoms with E-state index in [-0.39, 0.29) is 11.5 Å². The van der Waals surface area contributed by atoms with Gasteiger partial charge in [0.05, 0.1) is 12.5 Å². The first-order valence-corrected chi connectivity index (χ1v) is 7.57. The number of carboxylic acids is 1. The van der Waals surface area contributed by atoms with E-state index in [1.165, 1.54) is 0 Å². The van der Waals surface area contributed by atoms with Gasteiger partial charge in [0.1, 0.15) is 0 Å². The van der Waals surface area contributed by atoms with E-state index < -0.39 is 12.0 Å². The Kier molecular flexibility index (Phi) is 5.84. The first kappa shape index (κ1) is 17.1. The Morgan fingerprint density at radius 2 is 2.04 bits per heavy atom. The van der Waals surface area contributed by atoms with Crippen molar-refractivity contribution in [2.45, 2.75) is 19.4 Å². The van der Waals surface area contributed by atoms with Crippen molar-refractivity contribution in [1.29, 1.82) is 0 Å². The number of anilines is 1. The molecule has 1 aromatic heterocycles. The fourth-order valence-electron chi connectivity index (χ4n) is 1.93. The molecule has 0 aliphatic carbocycles. The summed E-state index contributed by atoms with van der Waals surface area (Å²) in [7, 11) is 0. The Bertz CT molecular complexity index is 709. The summed E-state index contributed by atoms with van der Waals surface area (Å²) in [4.78, 5) is 19.3. The Hall–Kier alpha value is -2.25. The summed E-state index contributed by atoms with van der Waals surface area (Å²) in [5.74, 6) is -0.584. The number of aryl methyl sites for hydroxylation is 1. The van der Waals surface area contributed by atoms with Crippen LogP contribution in [0, 0.1) is 6.92 Å². The summed E-state index contributed by atoms with van der Waals surface area (Å²) < 4.78 is 0. The van der Waals surface area contributed by atoms with Crippen LogP contribution in [0.1, 0.15) is 23.7 Å². The van der Waals surface area contributed by atoms with Crippen molar-refractivity contribution in [3.05, 3.63) is 52.8 Å². The number of halogens is 1. The number of nitrogens with one attached hydrogen (secondary N) is 2. The summed E-state index contributed by atoms with van der Waals surface area (Å²) in [6.45, 7) is 1.84. The number of thiocarbonyl (C=S) groups is 1. The third-order valence-corrected chi connectivity index (χ3v) is 3.45. The monoisotopic (exact) mass is 350 g/mol. The van der Waals surface area contributed by atoms with Crippen LogP contribution < -0.4 is 10.6 Å². The third kappa shape index (κ3) is 5.46. The molecule has 3 N–H and O–H groups in total. The van der Waals surface area contributed by atoms with Gasteiger partial charge in [0.15, 0.2) is 5.11 Å². The van der Waals surface area contributed by atoms with Crippen molar-refractivity contribution in [2.24, 2.45) is 0 Å². The average molecular weight is 351 g/mol. The fraction of sp³-hybridized carbons (Fsp3) is 0.200. The van der Waals surface area contributed by atoms with Gasteiger partial charge in [-0.1, -0.05) is 23.7 Å². The minimum atomic E-state index is -0.938. The molecular formula is C15H15ClN4O2S. The predicted octanol–water partition coefficient (Wildman–Crippen LogP) is 2.94. The first-order chi connectivity index (χ1) is 10.9. The van der Waals surface area contributed by atoms with Gasteiger partial charge in [0.2, 0.25) is 5.95 Å². The highest BCUT2D eigenvalue weighted by molar-refractivity contribution is 7.80. The molecule has 0 aliphatic heterocycles. The summed E-state index contributed by atoms with van der Waals surface area (Å²) in [5.41, 5.74) is 1.57. The molecule has 0 fully saturated rings. The van der Waals surface area contributed by atoms with Gasteiger partial charge in [-0.05, 0) is 42.9 Å². The van der Waals surface area contributed by atoms with Gasteiger partial charge in [0.25, 0.3) is 0 Å². The topological polar surface area (TPSA) is 87.1 Å².